The van der Waals surface area contributed by atoms with E-state index in [9.17, 15) is 0 Å². The number of halogens is 1. The normalized spacial score (nSPS) is 8.53. The van der Waals surface area contributed by atoms with Crippen LogP contribution >= 0.6 is 12.4 Å². The highest BCUT2D eigenvalue weighted by Gasteiger charge is 1.92. The van der Waals surface area contributed by atoms with Crippen molar-refractivity contribution in [3.63, 3.8) is 0 Å². The van der Waals surface area contributed by atoms with Gasteiger partial charge in [-0.1, -0.05) is 0 Å². The smallest absolute Gasteiger partial charge is 0.191 e. The summed E-state index contributed by atoms with van der Waals surface area (Å²) in [5.41, 5.74) is 22.1. The molecule has 7 heteroatoms. The van der Waals surface area contributed by atoms with E-state index in [0.29, 0.717) is 11.4 Å². The minimum absolute atomic E-state index is 0. The fourth-order valence-electron chi connectivity index (χ4n) is 0.900. The molecule has 0 aliphatic carbocycles. The average Bonchev–Trinajstić information content (AvgIpc) is 2.06. The molecule has 0 amide bonds. The monoisotopic (exact) mass is 228 g/mol. The highest BCUT2D eigenvalue weighted by Crippen LogP contribution is 2.17. The molecule has 8 N–H and O–H groups in total. The predicted octanol–water partition coefficient (Wildman–Crippen LogP) is -0.0818. The molecule has 0 atom stereocenters. The topological polar surface area (TPSA) is 129 Å². The SMILES string of the molecule is Cl.NC(N)=Nc1ccc(N=C(N)N)cc1. The second-order valence-electron chi connectivity index (χ2n) is 2.59. The molecule has 0 saturated heterocycles. The van der Waals surface area contributed by atoms with Crippen LogP contribution in [-0.2, 0) is 0 Å². The summed E-state index contributed by atoms with van der Waals surface area (Å²) in [5.74, 6) is 0.0270. The molecule has 0 aliphatic rings. The Labute approximate surface area is 93.5 Å². The second-order valence-corrected chi connectivity index (χ2v) is 2.59. The predicted molar refractivity (Wildman–Crippen MR) is 64.6 cm³/mol. The van der Waals surface area contributed by atoms with E-state index in [-0.39, 0.29) is 24.3 Å². The molecular weight excluding hydrogens is 216 g/mol. The molecule has 0 spiro atoms. The van der Waals surface area contributed by atoms with Crippen LogP contribution in [0.25, 0.3) is 0 Å². The van der Waals surface area contributed by atoms with Crippen LogP contribution in [0.3, 0.4) is 0 Å². The van der Waals surface area contributed by atoms with Gasteiger partial charge in [-0.05, 0) is 24.3 Å². The van der Waals surface area contributed by atoms with Gasteiger partial charge in [-0.15, -0.1) is 12.4 Å². The van der Waals surface area contributed by atoms with E-state index >= 15 is 0 Å². The van der Waals surface area contributed by atoms with Crippen molar-refractivity contribution in [2.75, 3.05) is 0 Å². The molecule has 1 rings (SSSR count). The zero-order chi connectivity index (χ0) is 10.6. The van der Waals surface area contributed by atoms with E-state index < -0.39 is 0 Å². The van der Waals surface area contributed by atoms with E-state index in [2.05, 4.69) is 9.98 Å². The van der Waals surface area contributed by atoms with Gasteiger partial charge in [-0.3, -0.25) is 0 Å². The Hall–Kier alpha value is -1.95. The van der Waals surface area contributed by atoms with Crippen molar-refractivity contribution >= 4 is 35.7 Å². The Kier molecular flexibility index (Phi) is 4.97. The Morgan fingerprint density at radius 2 is 1.00 bits per heavy atom. The van der Waals surface area contributed by atoms with Crippen molar-refractivity contribution in [1.82, 2.24) is 0 Å². The lowest BCUT2D eigenvalue weighted by Crippen LogP contribution is -2.22. The summed E-state index contributed by atoms with van der Waals surface area (Å²) in [7, 11) is 0. The first-order chi connectivity index (χ1) is 6.58. The number of hydrogen-bond acceptors (Lipinski definition) is 2. The molecule has 6 nitrogen and oxygen atoms in total. The molecule has 0 radical (unpaired) electrons. The van der Waals surface area contributed by atoms with Crippen molar-refractivity contribution < 1.29 is 0 Å². The quantitative estimate of drug-likeness (QED) is 0.417. The molecular formula is C8H13ClN6. The first-order valence-electron chi connectivity index (χ1n) is 3.87. The van der Waals surface area contributed by atoms with Crippen LogP contribution in [0.1, 0.15) is 0 Å². The van der Waals surface area contributed by atoms with Gasteiger partial charge < -0.3 is 22.9 Å². The molecule has 1 aromatic rings. The van der Waals surface area contributed by atoms with Gasteiger partial charge in [-0.2, -0.15) is 0 Å². The van der Waals surface area contributed by atoms with Gasteiger partial charge in [-0.25, -0.2) is 9.98 Å². The zero-order valence-electron chi connectivity index (χ0n) is 7.92. The van der Waals surface area contributed by atoms with Crippen molar-refractivity contribution in [2.45, 2.75) is 0 Å². The van der Waals surface area contributed by atoms with Crippen molar-refractivity contribution in [3.8, 4) is 0 Å². The minimum Gasteiger partial charge on any atom is -0.370 e. The zero-order valence-corrected chi connectivity index (χ0v) is 8.74. The minimum atomic E-state index is 0. The van der Waals surface area contributed by atoms with E-state index in [4.69, 9.17) is 22.9 Å². The van der Waals surface area contributed by atoms with Crippen molar-refractivity contribution in [3.05, 3.63) is 24.3 Å². The van der Waals surface area contributed by atoms with Gasteiger partial charge in [0.05, 0.1) is 11.4 Å². The van der Waals surface area contributed by atoms with Gasteiger partial charge in [0.1, 0.15) is 0 Å². The van der Waals surface area contributed by atoms with Crippen LogP contribution in [-0.4, -0.2) is 11.9 Å². The van der Waals surface area contributed by atoms with Gasteiger partial charge in [0.2, 0.25) is 0 Å². The highest BCUT2D eigenvalue weighted by atomic mass is 35.5. The molecule has 0 fully saturated rings. The van der Waals surface area contributed by atoms with Gasteiger partial charge in [0, 0.05) is 0 Å². The lowest BCUT2D eigenvalue weighted by atomic mass is 10.3. The maximum atomic E-state index is 5.20. The van der Waals surface area contributed by atoms with Crippen LogP contribution in [0.4, 0.5) is 11.4 Å². The number of guanidine groups is 2. The first-order valence-corrected chi connectivity index (χ1v) is 3.87. The third kappa shape index (κ3) is 4.72. The lowest BCUT2D eigenvalue weighted by molar-refractivity contribution is 1.39. The number of benzene rings is 1. The van der Waals surface area contributed by atoms with Crippen LogP contribution in [0.15, 0.2) is 34.3 Å². The number of aliphatic imine (C=N–C) groups is 2. The maximum Gasteiger partial charge on any atom is 0.191 e. The summed E-state index contributed by atoms with van der Waals surface area (Å²) in [4.78, 5) is 7.68. The summed E-state index contributed by atoms with van der Waals surface area (Å²) in [5, 5.41) is 0. The third-order valence-electron chi connectivity index (χ3n) is 1.37. The van der Waals surface area contributed by atoms with E-state index in [1.165, 1.54) is 0 Å². The molecule has 0 aromatic heterocycles. The molecule has 15 heavy (non-hydrogen) atoms. The van der Waals surface area contributed by atoms with Gasteiger partial charge in [0.25, 0.3) is 0 Å². The molecule has 1 aromatic carbocycles. The van der Waals surface area contributed by atoms with Crippen LogP contribution in [0, 0.1) is 0 Å². The fourth-order valence-corrected chi connectivity index (χ4v) is 0.900. The molecule has 0 unspecified atom stereocenters. The largest absolute Gasteiger partial charge is 0.370 e. The molecule has 0 bridgehead atoms. The standard InChI is InChI=1S/C8H12N6.ClH/c9-7(10)13-5-1-2-6(4-3-5)14-8(11)12;/h1-4H,(H4,9,10,13)(H4,11,12,14);1H. The Balaban J connectivity index is 0.00000196. The molecule has 0 aliphatic heterocycles. The van der Waals surface area contributed by atoms with Crippen molar-refractivity contribution in [1.29, 1.82) is 0 Å². The van der Waals surface area contributed by atoms with Gasteiger partial charge in [0.15, 0.2) is 11.9 Å². The van der Waals surface area contributed by atoms with Gasteiger partial charge >= 0.3 is 0 Å². The van der Waals surface area contributed by atoms with Crippen LogP contribution < -0.4 is 22.9 Å². The average molecular weight is 229 g/mol. The highest BCUT2D eigenvalue weighted by molar-refractivity contribution is 5.85. The summed E-state index contributed by atoms with van der Waals surface area (Å²) in [6.07, 6.45) is 0. The number of rotatable bonds is 2. The Bertz CT molecular complexity index is 324. The van der Waals surface area contributed by atoms with Crippen LogP contribution in [0.5, 0.6) is 0 Å². The van der Waals surface area contributed by atoms with E-state index in [0.717, 1.165) is 0 Å². The molecule has 82 valence electrons. The number of nitrogens with two attached hydrogens (primary N) is 4. The number of hydrogen-bond donors (Lipinski definition) is 4. The summed E-state index contributed by atoms with van der Waals surface area (Å²) in [6.45, 7) is 0. The maximum absolute atomic E-state index is 5.20. The number of nitrogens with zero attached hydrogens (tertiary/aromatic N) is 2. The molecule has 0 heterocycles. The lowest BCUT2D eigenvalue weighted by Gasteiger charge is -1.96. The first kappa shape index (κ1) is 13.1. The Morgan fingerprint density at radius 1 is 0.733 bits per heavy atom. The summed E-state index contributed by atoms with van der Waals surface area (Å²) >= 11 is 0. The van der Waals surface area contributed by atoms with E-state index in [1.807, 2.05) is 0 Å². The van der Waals surface area contributed by atoms with Crippen LogP contribution in [0.2, 0.25) is 0 Å². The van der Waals surface area contributed by atoms with Crippen molar-refractivity contribution in [2.24, 2.45) is 32.9 Å². The summed E-state index contributed by atoms with van der Waals surface area (Å²) in [6, 6.07) is 6.84. The summed E-state index contributed by atoms with van der Waals surface area (Å²) < 4.78 is 0. The third-order valence-corrected chi connectivity index (χ3v) is 1.37. The fraction of sp³-hybridized carbons (Fsp3) is 0. The second kappa shape index (κ2) is 5.71. The Morgan fingerprint density at radius 3 is 1.20 bits per heavy atom. The van der Waals surface area contributed by atoms with E-state index in [1.54, 1.807) is 24.3 Å². The molecule has 0 saturated carbocycles.